The first-order chi connectivity index (χ1) is 9.38. The van der Waals surface area contributed by atoms with Crippen LogP contribution in [-0.2, 0) is 21.8 Å². The van der Waals surface area contributed by atoms with E-state index in [9.17, 15) is 8.42 Å². The maximum absolute atomic E-state index is 12.8. The van der Waals surface area contributed by atoms with Gasteiger partial charge in [0.15, 0.2) is 5.82 Å². The lowest BCUT2D eigenvalue weighted by Crippen LogP contribution is -2.41. The molecule has 0 fully saturated rings. The molecule has 0 spiro atoms. The Kier molecular flexibility index (Phi) is 5.97. The third kappa shape index (κ3) is 3.50. The highest BCUT2D eigenvalue weighted by Gasteiger charge is 2.32. The molecule has 0 saturated heterocycles. The SMILES string of the molecule is CCC(CC)N(CCOC)S(=O)(=O)c1cn(C)nc1N. The van der Waals surface area contributed by atoms with Crippen molar-refractivity contribution in [3.63, 3.8) is 0 Å². The molecular formula is C12H24N4O3S. The first-order valence-corrected chi connectivity index (χ1v) is 8.12. The molecule has 8 heteroatoms. The molecule has 0 amide bonds. The van der Waals surface area contributed by atoms with Crippen LogP contribution >= 0.6 is 0 Å². The summed E-state index contributed by atoms with van der Waals surface area (Å²) in [6.07, 6.45) is 2.91. The van der Waals surface area contributed by atoms with E-state index in [0.29, 0.717) is 13.2 Å². The number of methoxy groups -OCH3 is 1. The van der Waals surface area contributed by atoms with Crippen LogP contribution in [0, 0.1) is 0 Å². The van der Waals surface area contributed by atoms with Gasteiger partial charge < -0.3 is 10.5 Å². The summed E-state index contributed by atoms with van der Waals surface area (Å²) in [6.45, 7) is 4.58. The van der Waals surface area contributed by atoms with Gasteiger partial charge in [-0.05, 0) is 12.8 Å². The molecule has 1 heterocycles. The van der Waals surface area contributed by atoms with Crippen molar-refractivity contribution in [1.29, 1.82) is 0 Å². The topological polar surface area (TPSA) is 90.5 Å². The van der Waals surface area contributed by atoms with Crippen molar-refractivity contribution in [2.75, 3.05) is 26.0 Å². The van der Waals surface area contributed by atoms with E-state index in [1.807, 2.05) is 13.8 Å². The van der Waals surface area contributed by atoms with Crippen LogP contribution in [0.4, 0.5) is 5.82 Å². The van der Waals surface area contributed by atoms with Crippen molar-refractivity contribution in [1.82, 2.24) is 14.1 Å². The van der Waals surface area contributed by atoms with Crippen molar-refractivity contribution in [3.8, 4) is 0 Å². The summed E-state index contributed by atoms with van der Waals surface area (Å²) in [7, 11) is -0.465. The number of nitrogen functional groups attached to an aromatic ring is 1. The van der Waals surface area contributed by atoms with Crippen LogP contribution in [0.15, 0.2) is 11.1 Å². The Bertz CT molecular complexity index is 523. The number of ether oxygens (including phenoxy) is 1. The van der Waals surface area contributed by atoms with Gasteiger partial charge in [0.25, 0.3) is 0 Å². The molecule has 0 bridgehead atoms. The molecule has 2 N–H and O–H groups in total. The zero-order valence-corrected chi connectivity index (χ0v) is 13.4. The average Bonchev–Trinajstić information content (AvgIpc) is 2.74. The number of anilines is 1. The number of aromatic nitrogens is 2. The van der Waals surface area contributed by atoms with Crippen molar-refractivity contribution < 1.29 is 13.2 Å². The fourth-order valence-corrected chi connectivity index (χ4v) is 4.03. The molecule has 0 aliphatic heterocycles. The smallest absolute Gasteiger partial charge is 0.248 e. The minimum absolute atomic E-state index is 0.0286. The number of hydrogen-bond donors (Lipinski definition) is 1. The van der Waals surface area contributed by atoms with Gasteiger partial charge in [0, 0.05) is 32.9 Å². The number of sulfonamides is 1. The van der Waals surface area contributed by atoms with Gasteiger partial charge in [-0.2, -0.15) is 9.40 Å². The molecule has 0 aliphatic rings. The van der Waals surface area contributed by atoms with E-state index in [2.05, 4.69) is 5.10 Å². The van der Waals surface area contributed by atoms with Gasteiger partial charge in [-0.1, -0.05) is 13.8 Å². The Balaban J connectivity index is 3.19. The summed E-state index contributed by atoms with van der Waals surface area (Å²) in [5.74, 6) is 0.0286. The maximum Gasteiger partial charge on any atom is 0.248 e. The number of hydrogen-bond acceptors (Lipinski definition) is 5. The Morgan fingerprint density at radius 1 is 1.45 bits per heavy atom. The van der Waals surface area contributed by atoms with E-state index >= 15 is 0 Å². The summed E-state index contributed by atoms with van der Waals surface area (Å²) in [5, 5.41) is 3.91. The second-order valence-electron chi connectivity index (χ2n) is 4.63. The van der Waals surface area contributed by atoms with Crippen molar-refractivity contribution in [2.45, 2.75) is 37.6 Å². The summed E-state index contributed by atoms with van der Waals surface area (Å²) in [5.41, 5.74) is 5.71. The highest BCUT2D eigenvalue weighted by Crippen LogP contribution is 2.24. The highest BCUT2D eigenvalue weighted by atomic mass is 32.2. The maximum atomic E-state index is 12.8. The zero-order valence-electron chi connectivity index (χ0n) is 12.5. The van der Waals surface area contributed by atoms with Gasteiger partial charge in [-0.3, -0.25) is 4.68 Å². The molecule has 0 aromatic carbocycles. The Morgan fingerprint density at radius 2 is 2.05 bits per heavy atom. The monoisotopic (exact) mass is 304 g/mol. The van der Waals surface area contributed by atoms with E-state index < -0.39 is 10.0 Å². The highest BCUT2D eigenvalue weighted by molar-refractivity contribution is 7.89. The van der Waals surface area contributed by atoms with Crippen LogP contribution in [0.25, 0.3) is 0 Å². The summed E-state index contributed by atoms with van der Waals surface area (Å²) in [6, 6.07) is -0.0743. The number of nitrogens with two attached hydrogens (primary N) is 1. The standard InChI is InChI=1S/C12H24N4O3S/c1-5-10(6-2)16(7-8-19-4)20(17,18)11-9-15(3)14-12(11)13/h9-10H,5-8H2,1-4H3,(H2,13,14). The Morgan fingerprint density at radius 3 is 2.45 bits per heavy atom. The van der Waals surface area contributed by atoms with Crippen LogP contribution in [0.2, 0.25) is 0 Å². The number of aryl methyl sites for hydroxylation is 1. The van der Waals surface area contributed by atoms with Gasteiger partial charge in [-0.25, -0.2) is 8.42 Å². The van der Waals surface area contributed by atoms with Crippen LogP contribution in [0.3, 0.4) is 0 Å². The molecule has 0 radical (unpaired) electrons. The molecule has 0 unspecified atom stereocenters. The first-order valence-electron chi connectivity index (χ1n) is 6.68. The summed E-state index contributed by atoms with van der Waals surface area (Å²) >= 11 is 0. The minimum Gasteiger partial charge on any atom is -0.383 e. The molecular weight excluding hydrogens is 280 g/mol. The van der Waals surface area contributed by atoms with Crippen LogP contribution in [0.5, 0.6) is 0 Å². The molecule has 0 aliphatic carbocycles. The predicted octanol–water partition coefficient (Wildman–Crippen LogP) is 0.828. The minimum atomic E-state index is -3.66. The van der Waals surface area contributed by atoms with Gasteiger partial charge in [0.1, 0.15) is 4.90 Å². The van der Waals surface area contributed by atoms with Gasteiger partial charge >= 0.3 is 0 Å². The fraction of sp³-hybridized carbons (Fsp3) is 0.750. The van der Waals surface area contributed by atoms with Crippen LogP contribution in [-0.4, -0.2) is 48.8 Å². The van der Waals surface area contributed by atoms with Crippen molar-refractivity contribution in [2.24, 2.45) is 7.05 Å². The lowest BCUT2D eigenvalue weighted by molar-refractivity contribution is 0.163. The van der Waals surface area contributed by atoms with Crippen LogP contribution < -0.4 is 5.73 Å². The first kappa shape index (κ1) is 16.9. The average molecular weight is 304 g/mol. The van der Waals surface area contributed by atoms with E-state index in [1.165, 1.54) is 15.2 Å². The molecule has 20 heavy (non-hydrogen) atoms. The van der Waals surface area contributed by atoms with E-state index in [0.717, 1.165) is 12.8 Å². The quantitative estimate of drug-likeness (QED) is 0.768. The normalized spacial score (nSPS) is 12.5. The van der Waals surface area contributed by atoms with Crippen molar-refractivity contribution >= 4 is 15.8 Å². The lowest BCUT2D eigenvalue weighted by atomic mass is 10.2. The second kappa shape index (κ2) is 7.05. The van der Waals surface area contributed by atoms with E-state index in [-0.39, 0.29) is 16.8 Å². The molecule has 1 aromatic rings. The van der Waals surface area contributed by atoms with Gasteiger partial charge in [0.05, 0.1) is 6.61 Å². The van der Waals surface area contributed by atoms with E-state index in [1.54, 1.807) is 14.2 Å². The molecule has 1 rings (SSSR count). The summed E-state index contributed by atoms with van der Waals surface area (Å²) < 4.78 is 33.4. The summed E-state index contributed by atoms with van der Waals surface area (Å²) in [4.78, 5) is 0.0583. The van der Waals surface area contributed by atoms with Crippen molar-refractivity contribution in [3.05, 3.63) is 6.20 Å². The van der Waals surface area contributed by atoms with E-state index in [4.69, 9.17) is 10.5 Å². The number of rotatable bonds is 8. The lowest BCUT2D eigenvalue weighted by Gasteiger charge is -2.29. The van der Waals surface area contributed by atoms with Gasteiger partial charge in [-0.15, -0.1) is 0 Å². The molecule has 7 nitrogen and oxygen atoms in total. The second-order valence-corrected chi connectivity index (χ2v) is 6.49. The molecule has 1 aromatic heterocycles. The Hall–Kier alpha value is -1.12. The number of nitrogens with zero attached hydrogens (tertiary/aromatic N) is 3. The van der Waals surface area contributed by atoms with Gasteiger partial charge in [0.2, 0.25) is 10.0 Å². The molecule has 0 atom stereocenters. The molecule has 0 saturated carbocycles. The third-order valence-corrected chi connectivity index (χ3v) is 5.24. The predicted molar refractivity (Wildman–Crippen MR) is 77.8 cm³/mol. The largest absolute Gasteiger partial charge is 0.383 e. The van der Waals surface area contributed by atoms with Crippen LogP contribution in [0.1, 0.15) is 26.7 Å². The fourth-order valence-electron chi connectivity index (χ4n) is 2.19. The molecule has 116 valence electrons. The third-order valence-electron chi connectivity index (χ3n) is 3.27. The zero-order chi connectivity index (χ0) is 15.3. The Labute approximate surface area is 120 Å².